The lowest BCUT2D eigenvalue weighted by Gasteiger charge is -2.19. The van der Waals surface area contributed by atoms with E-state index >= 15 is 0 Å². The van der Waals surface area contributed by atoms with Crippen molar-refractivity contribution in [2.45, 2.75) is 26.3 Å². The van der Waals surface area contributed by atoms with E-state index in [1.165, 1.54) is 0 Å². The van der Waals surface area contributed by atoms with Crippen LogP contribution in [-0.2, 0) is 4.74 Å². The van der Waals surface area contributed by atoms with Gasteiger partial charge in [0.25, 0.3) is 5.91 Å². The lowest BCUT2D eigenvalue weighted by atomic mass is 10.00. The van der Waals surface area contributed by atoms with Gasteiger partial charge in [-0.05, 0) is 44.0 Å². The van der Waals surface area contributed by atoms with E-state index < -0.39 is 0 Å². The third kappa shape index (κ3) is 3.24. The number of aryl methyl sites for hydroxylation is 1. The molecule has 19 heavy (non-hydrogen) atoms. The number of nitrogens with one attached hydrogen (secondary N) is 2. The van der Waals surface area contributed by atoms with Crippen LogP contribution in [0.1, 0.15) is 29.3 Å². The molecule has 0 aliphatic carbocycles. The molecule has 1 aromatic carbocycles. The first-order valence-electron chi connectivity index (χ1n) is 6.57. The molecule has 5 nitrogen and oxygen atoms in total. The zero-order chi connectivity index (χ0) is 13.8. The molecular formula is C14H21N3O2. The number of nitrogen functional groups attached to an aromatic ring is 1. The Morgan fingerprint density at radius 3 is 2.89 bits per heavy atom. The minimum Gasteiger partial charge on any atom is -0.381 e. The van der Waals surface area contributed by atoms with Crippen molar-refractivity contribution in [1.82, 2.24) is 5.32 Å². The van der Waals surface area contributed by atoms with Crippen molar-refractivity contribution in [2.24, 2.45) is 11.8 Å². The second-order valence-electron chi connectivity index (χ2n) is 5.06. The average Bonchev–Trinajstić information content (AvgIpc) is 2.92. The molecule has 0 aromatic heterocycles. The molecule has 2 rings (SSSR count). The Kier molecular flexibility index (Phi) is 4.39. The standard InChI is InChI=1S/C14H21N3O2/c1-9-7-11(3-4-13(9)17-15)14(18)16-10(2)12-5-6-19-8-12/h3-4,7,10,12,17H,5-6,8,15H2,1-2H3,(H,16,18). The first-order valence-corrected chi connectivity index (χ1v) is 6.57. The Morgan fingerprint density at radius 2 is 2.32 bits per heavy atom. The summed E-state index contributed by atoms with van der Waals surface area (Å²) in [5.41, 5.74) is 5.03. The van der Waals surface area contributed by atoms with Gasteiger partial charge in [0.05, 0.1) is 12.3 Å². The van der Waals surface area contributed by atoms with Crippen LogP contribution in [0, 0.1) is 12.8 Å². The summed E-state index contributed by atoms with van der Waals surface area (Å²) in [5, 5.41) is 3.03. The highest BCUT2D eigenvalue weighted by Crippen LogP contribution is 2.18. The molecule has 2 atom stereocenters. The van der Waals surface area contributed by atoms with Gasteiger partial charge in [-0.25, -0.2) is 0 Å². The molecule has 4 N–H and O–H groups in total. The van der Waals surface area contributed by atoms with Gasteiger partial charge < -0.3 is 15.5 Å². The van der Waals surface area contributed by atoms with Crippen LogP contribution < -0.4 is 16.6 Å². The SMILES string of the molecule is Cc1cc(C(=O)NC(C)C2CCOC2)ccc1NN. The fourth-order valence-electron chi connectivity index (χ4n) is 2.32. The van der Waals surface area contributed by atoms with Crippen molar-refractivity contribution < 1.29 is 9.53 Å². The number of hydrogen-bond acceptors (Lipinski definition) is 4. The summed E-state index contributed by atoms with van der Waals surface area (Å²) in [5.74, 6) is 5.74. The summed E-state index contributed by atoms with van der Waals surface area (Å²) >= 11 is 0. The van der Waals surface area contributed by atoms with Crippen LogP contribution in [0.4, 0.5) is 5.69 Å². The molecule has 0 bridgehead atoms. The molecule has 1 saturated heterocycles. The zero-order valence-corrected chi connectivity index (χ0v) is 11.4. The van der Waals surface area contributed by atoms with Gasteiger partial charge in [-0.15, -0.1) is 0 Å². The third-order valence-corrected chi connectivity index (χ3v) is 3.67. The van der Waals surface area contributed by atoms with Crippen LogP contribution in [0.15, 0.2) is 18.2 Å². The fourth-order valence-corrected chi connectivity index (χ4v) is 2.32. The second kappa shape index (κ2) is 6.04. The van der Waals surface area contributed by atoms with Crippen molar-refractivity contribution in [1.29, 1.82) is 0 Å². The lowest BCUT2D eigenvalue weighted by Crippen LogP contribution is -2.38. The molecule has 5 heteroatoms. The summed E-state index contributed by atoms with van der Waals surface area (Å²) in [7, 11) is 0. The summed E-state index contributed by atoms with van der Waals surface area (Å²) < 4.78 is 5.34. The number of anilines is 1. The van der Waals surface area contributed by atoms with E-state index in [2.05, 4.69) is 10.7 Å². The summed E-state index contributed by atoms with van der Waals surface area (Å²) in [4.78, 5) is 12.2. The lowest BCUT2D eigenvalue weighted by molar-refractivity contribution is 0.0922. The van der Waals surface area contributed by atoms with E-state index in [1.54, 1.807) is 6.07 Å². The maximum Gasteiger partial charge on any atom is 0.251 e. The van der Waals surface area contributed by atoms with Gasteiger partial charge in [-0.2, -0.15) is 0 Å². The molecule has 2 unspecified atom stereocenters. The third-order valence-electron chi connectivity index (χ3n) is 3.67. The number of carbonyl (C=O) groups is 1. The van der Waals surface area contributed by atoms with E-state index in [9.17, 15) is 4.79 Å². The van der Waals surface area contributed by atoms with Crippen LogP contribution >= 0.6 is 0 Å². The fraction of sp³-hybridized carbons (Fsp3) is 0.500. The summed E-state index contributed by atoms with van der Waals surface area (Å²) in [6.45, 7) is 5.47. The Hall–Kier alpha value is -1.59. The van der Waals surface area contributed by atoms with Gasteiger partial charge >= 0.3 is 0 Å². The van der Waals surface area contributed by atoms with E-state index in [0.29, 0.717) is 11.5 Å². The Balaban J connectivity index is 2.01. The van der Waals surface area contributed by atoms with Crippen LogP contribution in [0.25, 0.3) is 0 Å². The van der Waals surface area contributed by atoms with Crippen molar-refractivity contribution in [3.05, 3.63) is 29.3 Å². The van der Waals surface area contributed by atoms with Gasteiger partial charge in [0.2, 0.25) is 0 Å². The maximum absolute atomic E-state index is 12.2. The normalized spacial score (nSPS) is 20.1. The summed E-state index contributed by atoms with van der Waals surface area (Å²) in [6, 6.07) is 5.55. The number of rotatable bonds is 4. The number of nitrogens with two attached hydrogens (primary N) is 1. The second-order valence-corrected chi connectivity index (χ2v) is 5.06. The Labute approximate surface area is 113 Å². The quantitative estimate of drug-likeness (QED) is 0.567. The van der Waals surface area contributed by atoms with Crippen molar-refractivity contribution >= 4 is 11.6 Å². The molecule has 0 saturated carbocycles. The molecule has 1 aromatic rings. The van der Waals surface area contributed by atoms with Crippen LogP contribution in [0.5, 0.6) is 0 Å². The number of amides is 1. The number of carbonyl (C=O) groups excluding carboxylic acids is 1. The molecule has 0 radical (unpaired) electrons. The maximum atomic E-state index is 12.2. The largest absolute Gasteiger partial charge is 0.381 e. The number of hydrogen-bond donors (Lipinski definition) is 3. The molecule has 1 heterocycles. The van der Waals surface area contributed by atoms with Crippen molar-refractivity contribution in [3.8, 4) is 0 Å². The molecule has 1 fully saturated rings. The van der Waals surface area contributed by atoms with Gasteiger partial charge in [-0.3, -0.25) is 10.6 Å². The molecule has 0 spiro atoms. The predicted octanol–water partition coefficient (Wildman–Crippen LogP) is 1.44. The van der Waals surface area contributed by atoms with E-state index in [1.807, 2.05) is 26.0 Å². The van der Waals surface area contributed by atoms with E-state index in [0.717, 1.165) is 30.9 Å². The van der Waals surface area contributed by atoms with Crippen LogP contribution in [0.3, 0.4) is 0 Å². The first-order chi connectivity index (χ1) is 9.11. The molecule has 1 amide bonds. The highest BCUT2D eigenvalue weighted by Gasteiger charge is 2.23. The highest BCUT2D eigenvalue weighted by atomic mass is 16.5. The van der Waals surface area contributed by atoms with Gasteiger partial charge in [0.15, 0.2) is 0 Å². The molecule has 1 aliphatic heterocycles. The zero-order valence-electron chi connectivity index (χ0n) is 11.4. The Morgan fingerprint density at radius 1 is 1.53 bits per heavy atom. The van der Waals surface area contributed by atoms with Crippen molar-refractivity contribution in [3.63, 3.8) is 0 Å². The van der Waals surface area contributed by atoms with Gasteiger partial charge in [0.1, 0.15) is 0 Å². The molecule has 104 valence electrons. The van der Waals surface area contributed by atoms with Crippen LogP contribution in [0.2, 0.25) is 0 Å². The monoisotopic (exact) mass is 263 g/mol. The highest BCUT2D eigenvalue weighted by molar-refractivity contribution is 5.95. The average molecular weight is 263 g/mol. The Bertz CT molecular complexity index is 456. The van der Waals surface area contributed by atoms with Gasteiger partial charge in [0, 0.05) is 24.1 Å². The number of ether oxygens (including phenoxy) is 1. The number of hydrazine groups is 1. The predicted molar refractivity (Wildman–Crippen MR) is 74.8 cm³/mol. The van der Waals surface area contributed by atoms with E-state index in [-0.39, 0.29) is 11.9 Å². The van der Waals surface area contributed by atoms with Gasteiger partial charge in [-0.1, -0.05) is 0 Å². The first kappa shape index (κ1) is 13.8. The summed E-state index contributed by atoms with van der Waals surface area (Å²) in [6.07, 6.45) is 1.01. The topological polar surface area (TPSA) is 76.4 Å². The van der Waals surface area contributed by atoms with Crippen LogP contribution in [-0.4, -0.2) is 25.2 Å². The number of benzene rings is 1. The molecular weight excluding hydrogens is 242 g/mol. The minimum atomic E-state index is -0.0499. The smallest absolute Gasteiger partial charge is 0.251 e. The van der Waals surface area contributed by atoms with E-state index in [4.69, 9.17) is 10.6 Å². The van der Waals surface area contributed by atoms with Crippen molar-refractivity contribution in [2.75, 3.05) is 18.6 Å². The minimum absolute atomic E-state index is 0.0499. The molecule has 1 aliphatic rings.